The second-order valence-corrected chi connectivity index (χ2v) is 3.12. The predicted octanol–water partition coefficient (Wildman–Crippen LogP) is 0.406. The summed E-state index contributed by atoms with van der Waals surface area (Å²) in [5, 5.41) is 2.93. The topological polar surface area (TPSA) is 51.2 Å². The van der Waals surface area contributed by atoms with E-state index >= 15 is 0 Å². The Morgan fingerprint density at radius 2 is 2.67 bits per heavy atom. The van der Waals surface area contributed by atoms with Crippen LogP contribution in [0.4, 0.5) is 0 Å². The Morgan fingerprint density at radius 3 is 3.25 bits per heavy atom. The van der Waals surface area contributed by atoms with Gasteiger partial charge in [-0.25, -0.2) is 0 Å². The van der Waals surface area contributed by atoms with Crippen molar-refractivity contribution < 1.29 is 9.53 Å². The van der Waals surface area contributed by atoms with Crippen LogP contribution in [0.15, 0.2) is 11.7 Å². The zero-order chi connectivity index (χ0) is 8.81. The van der Waals surface area contributed by atoms with E-state index in [1.54, 1.807) is 23.0 Å². The van der Waals surface area contributed by atoms with Crippen molar-refractivity contribution in [1.29, 1.82) is 0 Å². The lowest BCUT2D eigenvalue weighted by Gasteiger charge is -1.99. The van der Waals surface area contributed by atoms with Crippen molar-refractivity contribution in [3.05, 3.63) is 16.6 Å². The van der Waals surface area contributed by atoms with Gasteiger partial charge < -0.3 is 10.1 Å². The van der Waals surface area contributed by atoms with Crippen LogP contribution in [0.25, 0.3) is 0 Å². The number of ether oxygens (including phenoxy) is 1. The van der Waals surface area contributed by atoms with Crippen LogP contribution in [0, 0.1) is 0 Å². The Bertz CT molecular complexity index is 236. The lowest BCUT2D eigenvalue weighted by Crippen LogP contribution is -2.22. The van der Waals surface area contributed by atoms with E-state index in [2.05, 4.69) is 15.0 Å². The van der Waals surface area contributed by atoms with Crippen molar-refractivity contribution in [1.82, 2.24) is 10.3 Å². The lowest BCUT2D eigenvalue weighted by molar-refractivity contribution is -0.139. The Labute approximate surface area is 74.6 Å². The monoisotopic (exact) mass is 186 g/mol. The average molecular weight is 186 g/mol. The quantitative estimate of drug-likeness (QED) is 0.692. The first-order valence-corrected chi connectivity index (χ1v) is 4.36. The number of hydrogen-bond acceptors (Lipinski definition) is 5. The number of rotatable bonds is 4. The minimum atomic E-state index is -0.250. The maximum Gasteiger partial charge on any atom is 0.319 e. The van der Waals surface area contributed by atoms with E-state index < -0.39 is 0 Å². The molecule has 12 heavy (non-hydrogen) atoms. The molecule has 0 fully saturated rings. The molecule has 0 amide bonds. The van der Waals surface area contributed by atoms with Gasteiger partial charge in [-0.05, 0) is 0 Å². The van der Waals surface area contributed by atoms with E-state index in [4.69, 9.17) is 0 Å². The number of hydrogen-bond donors (Lipinski definition) is 1. The molecule has 0 aliphatic rings. The van der Waals surface area contributed by atoms with Crippen LogP contribution in [0.2, 0.25) is 0 Å². The highest BCUT2D eigenvalue weighted by atomic mass is 32.1. The smallest absolute Gasteiger partial charge is 0.319 e. The molecule has 1 heterocycles. The molecule has 0 aliphatic carbocycles. The molecule has 4 nitrogen and oxygen atoms in total. The number of nitrogens with zero attached hydrogens (tertiary/aromatic N) is 1. The molecule has 5 heteroatoms. The molecule has 66 valence electrons. The van der Waals surface area contributed by atoms with Gasteiger partial charge in [0.25, 0.3) is 0 Å². The molecule has 1 N–H and O–H groups in total. The molecule has 1 aromatic rings. The maximum atomic E-state index is 10.6. The van der Waals surface area contributed by atoms with Crippen LogP contribution < -0.4 is 5.32 Å². The normalized spacial score (nSPS) is 9.75. The fraction of sp³-hybridized carbons (Fsp3) is 0.429. The number of esters is 1. The molecule has 0 aromatic carbocycles. The molecule has 0 spiro atoms. The largest absolute Gasteiger partial charge is 0.468 e. The number of carbonyl (C=O) groups is 1. The predicted molar refractivity (Wildman–Crippen MR) is 45.8 cm³/mol. The third-order valence-corrected chi connectivity index (χ3v) is 2.06. The number of aromatic nitrogens is 1. The molecule has 0 atom stereocenters. The zero-order valence-electron chi connectivity index (χ0n) is 6.74. The van der Waals surface area contributed by atoms with Crippen molar-refractivity contribution in [3.8, 4) is 0 Å². The van der Waals surface area contributed by atoms with Crippen molar-refractivity contribution in [2.45, 2.75) is 6.54 Å². The summed E-state index contributed by atoms with van der Waals surface area (Å²) in [4.78, 5) is 15.7. The van der Waals surface area contributed by atoms with E-state index in [0.29, 0.717) is 6.54 Å². The fourth-order valence-electron chi connectivity index (χ4n) is 0.689. The second-order valence-electron chi connectivity index (χ2n) is 2.15. The van der Waals surface area contributed by atoms with Crippen molar-refractivity contribution in [2.75, 3.05) is 13.7 Å². The molecule has 0 saturated carbocycles. The van der Waals surface area contributed by atoms with Crippen LogP contribution >= 0.6 is 11.3 Å². The molecule has 0 unspecified atom stereocenters. The maximum absolute atomic E-state index is 10.6. The van der Waals surface area contributed by atoms with Crippen molar-refractivity contribution in [2.24, 2.45) is 0 Å². The minimum absolute atomic E-state index is 0.244. The Morgan fingerprint density at radius 1 is 1.83 bits per heavy atom. The van der Waals surface area contributed by atoms with Crippen molar-refractivity contribution in [3.63, 3.8) is 0 Å². The number of methoxy groups -OCH3 is 1. The van der Waals surface area contributed by atoms with Gasteiger partial charge in [-0.1, -0.05) is 0 Å². The summed E-state index contributed by atoms with van der Waals surface area (Å²) in [5.41, 5.74) is 1.76. The van der Waals surface area contributed by atoms with Crippen molar-refractivity contribution >= 4 is 17.3 Å². The highest BCUT2D eigenvalue weighted by Crippen LogP contribution is 2.03. The average Bonchev–Trinajstić information content (AvgIpc) is 2.57. The molecule has 0 saturated heterocycles. The van der Waals surface area contributed by atoms with Gasteiger partial charge in [-0.2, -0.15) is 0 Å². The number of thiazole rings is 1. The van der Waals surface area contributed by atoms with E-state index in [9.17, 15) is 4.79 Å². The van der Waals surface area contributed by atoms with Gasteiger partial charge in [-0.3, -0.25) is 9.78 Å². The van der Waals surface area contributed by atoms with E-state index in [-0.39, 0.29) is 12.5 Å². The van der Waals surface area contributed by atoms with Gasteiger partial charge in [0, 0.05) is 17.6 Å². The number of carbonyl (C=O) groups excluding carboxylic acids is 1. The highest BCUT2D eigenvalue weighted by molar-refractivity contribution is 7.09. The van der Waals surface area contributed by atoms with Gasteiger partial charge in [0.1, 0.15) is 0 Å². The standard InChI is InChI=1S/C7H10N2O2S/c1-11-7(10)4-8-2-6-3-9-5-12-6/h3,5,8H,2,4H2,1H3. The number of nitrogens with one attached hydrogen (secondary N) is 1. The molecule has 1 rings (SSSR count). The molecular formula is C7H10N2O2S. The Hall–Kier alpha value is -0.940. The summed E-state index contributed by atoms with van der Waals surface area (Å²) in [6.45, 7) is 0.911. The van der Waals surface area contributed by atoms with Crippen LogP contribution in [0.1, 0.15) is 4.88 Å². The molecular weight excluding hydrogens is 176 g/mol. The first kappa shape index (κ1) is 9.15. The summed E-state index contributed by atoms with van der Waals surface area (Å²) in [6.07, 6.45) is 1.77. The third kappa shape index (κ3) is 2.98. The Kier molecular flexibility index (Phi) is 3.69. The second kappa shape index (κ2) is 4.84. The van der Waals surface area contributed by atoms with E-state index in [0.717, 1.165) is 4.88 Å². The molecule has 0 bridgehead atoms. The fourth-order valence-corrected chi connectivity index (χ4v) is 1.25. The van der Waals surface area contributed by atoms with Crippen LogP contribution in [-0.4, -0.2) is 24.6 Å². The third-order valence-electron chi connectivity index (χ3n) is 1.28. The molecule has 1 aromatic heterocycles. The molecule has 0 radical (unpaired) electrons. The van der Waals surface area contributed by atoms with Crippen LogP contribution in [-0.2, 0) is 16.1 Å². The summed E-state index contributed by atoms with van der Waals surface area (Å²) in [7, 11) is 1.37. The minimum Gasteiger partial charge on any atom is -0.468 e. The van der Waals surface area contributed by atoms with Gasteiger partial charge in [0.2, 0.25) is 0 Å². The summed E-state index contributed by atoms with van der Waals surface area (Å²) < 4.78 is 4.46. The first-order chi connectivity index (χ1) is 5.83. The Balaban J connectivity index is 2.15. The van der Waals surface area contributed by atoms with Crippen LogP contribution in [0.3, 0.4) is 0 Å². The molecule has 0 aliphatic heterocycles. The summed E-state index contributed by atoms with van der Waals surface area (Å²) in [6, 6.07) is 0. The highest BCUT2D eigenvalue weighted by Gasteiger charge is 1.99. The zero-order valence-corrected chi connectivity index (χ0v) is 7.56. The van der Waals surface area contributed by atoms with Gasteiger partial charge in [-0.15, -0.1) is 11.3 Å². The SMILES string of the molecule is COC(=O)CNCc1cncs1. The van der Waals surface area contributed by atoms with Gasteiger partial charge >= 0.3 is 5.97 Å². The summed E-state index contributed by atoms with van der Waals surface area (Å²) >= 11 is 1.56. The lowest BCUT2D eigenvalue weighted by atomic mass is 10.5. The first-order valence-electron chi connectivity index (χ1n) is 3.48. The van der Waals surface area contributed by atoms with E-state index in [1.807, 2.05) is 0 Å². The summed E-state index contributed by atoms with van der Waals surface area (Å²) in [5.74, 6) is -0.250. The van der Waals surface area contributed by atoms with E-state index in [1.165, 1.54) is 7.11 Å². The van der Waals surface area contributed by atoms with Gasteiger partial charge in [0.05, 0.1) is 19.2 Å². The van der Waals surface area contributed by atoms with Crippen LogP contribution in [0.5, 0.6) is 0 Å². The van der Waals surface area contributed by atoms with Gasteiger partial charge in [0.15, 0.2) is 0 Å².